The summed E-state index contributed by atoms with van der Waals surface area (Å²) in [5.74, 6) is 0. The summed E-state index contributed by atoms with van der Waals surface area (Å²) in [5.41, 5.74) is 0. The Morgan fingerprint density at radius 3 is 2.00 bits per heavy atom. The molecule has 0 amide bonds. The second kappa shape index (κ2) is 16.6. The number of aliphatic hydroxyl groups excluding tert-OH is 1. The predicted molar refractivity (Wildman–Crippen MR) is 21.4 cm³/mol. The largest absolute Gasteiger partial charge is 0.428 e. The molecule has 7 heavy (non-hydrogen) atoms. The molecule has 0 heterocycles. The van der Waals surface area contributed by atoms with E-state index < -0.39 is 0 Å². The van der Waals surface area contributed by atoms with Crippen molar-refractivity contribution in [1.29, 1.82) is 0 Å². The summed E-state index contributed by atoms with van der Waals surface area (Å²) in [7, 11) is 0. The van der Waals surface area contributed by atoms with Gasteiger partial charge in [0.15, 0.2) is 0 Å². The molecule has 0 atom stereocenters. The van der Waals surface area contributed by atoms with Gasteiger partial charge in [-0.2, -0.15) is 0 Å². The Labute approximate surface area is 64.0 Å². The average Bonchev–Trinajstić information content (AvgIpc) is 1.41. The fourth-order valence-electron chi connectivity index (χ4n) is 0.0913. The zero-order chi connectivity index (χ0) is 4.12. The van der Waals surface area contributed by atoms with Crippen molar-refractivity contribution in [2.75, 3.05) is 6.61 Å². The van der Waals surface area contributed by atoms with Crippen LogP contribution in [0.3, 0.4) is 0 Å². The Morgan fingerprint density at radius 1 is 1.57 bits per heavy atom. The van der Waals surface area contributed by atoms with Crippen molar-refractivity contribution in [3.63, 3.8) is 0 Å². The molecule has 3 heteroatoms. The Hall–Kier alpha value is 0.0639. The van der Waals surface area contributed by atoms with Crippen LogP contribution in [0.2, 0.25) is 0 Å². The SMILES string of the molecule is [CH2-]C[CH-]CO.[Rf].[Y]. The van der Waals surface area contributed by atoms with Gasteiger partial charge in [-0.15, -0.1) is 0 Å². The Balaban J connectivity index is -0.0000000800. The van der Waals surface area contributed by atoms with Gasteiger partial charge in [-0.1, -0.05) is 6.61 Å². The molecule has 0 saturated carbocycles. The van der Waals surface area contributed by atoms with Crippen LogP contribution in [-0.4, -0.2) is 11.7 Å². The van der Waals surface area contributed by atoms with Crippen molar-refractivity contribution < 1.29 is 37.8 Å². The van der Waals surface area contributed by atoms with Crippen LogP contribution in [0.4, 0.5) is 0 Å². The van der Waals surface area contributed by atoms with E-state index in [0.717, 1.165) is 6.42 Å². The third kappa shape index (κ3) is 23.5. The Kier molecular flexibility index (Phi) is 37.2. The minimum Gasteiger partial charge on any atom is -0.428 e. The number of unbranched alkanes of at least 4 members (excludes halogenated alkanes) is 1. The van der Waals surface area contributed by atoms with E-state index in [4.69, 9.17) is 5.11 Å². The second-order valence-electron chi connectivity index (χ2n) is 0.760. The molecule has 0 unspecified atom stereocenters. The molecular weight excluding hydrogens is 420 g/mol. The third-order valence-electron chi connectivity index (χ3n) is 0.333. The van der Waals surface area contributed by atoms with Gasteiger partial charge in [0.2, 0.25) is 0 Å². The summed E-state index contributed by atoms with van der Waals surface area (Å²) in [5, 5.41) is 7.97. The first kappa shape index (κ1) is 15.7. The van der Waals surface area contributed by atoms with Gasteiger partial charge in [-0.05, 0) is 0 Å². The summed E-state index contributed by atoms with van der Waals surface area (Å²) in [4.78, 5) is 0. The fraction of sp³-hybridized carbons (Fsp3) is 0.500. The molecule has 0 rings (SSSR count). The topological polar surface area (TPSA) is 20.2 Å². The van der Waals surface area contributed by atoms with Gasteiger partial charge in [0.05, 0.1) is 0 Å². The van der Waals surface area contributed by atoms with Crippen LogP contribution < -0.4 is 0 Å². The molecule has 0 aliphatic carbocycles. The second-order valence-corrected chi connectivity index (χ2v) is 0.760. The van der Waals surface area contributed by atoms with Gasteiger partial charge in [0.1, 0.15) is 0 Å². The molecular formula is C4H8ORfY-2. The Bertz CT molecular complexity index is 19.2. The first-order valence-electron chi connectivity index (χ1n) is 1.63. The van der Waals surface area contributed by atoms with E-state index in [1.165, 1.54) is 0 Å². The molecule has 0 aromatic carbocycles. The van der Waals surface area contributed by atoms with Crippen LogP contribution >= 0.6 is 0 Å². The summed E-state index contributed by atoms with van der Waals surface area (Å²) < 4.78 is 0. The maximum absolute atomic E-state index is 7.97. The van der Waals surface area contributed by atoms with Crippen LogP contribution in [0.5, 0.6) is 0 Å². The van der Waals surface area contributed by atoms with Crippen LogP contribution in [-0.2, 0) is 32.7 Å². The monoisotopic (exact) mass is 428 g/mol. The number of aliphatic hydroxyl groups is 1. The van der Waals surface area contributed by atoms with Crippen LogP contribution in [0.1, 0.15) is 6.42 Å². The average molecular weight is 428 g/mol. The molecule has 0 bridgehead atoms. The van der Waals surface area contributed by atoms with Crippen LogP contribution in [0, 0.1) is 13.3 Å². The minimum absolute atomic E-state index is 0. The molecule has 0 aromatic rings. The fourth-order valence-corrected chi connectivity index (χ4v) is 0.0913. The maximum atomic E-state index is 7.97. The summed E-state index contributed by atoms with van der Waals surface area (Å²) in [6, 6.07) is 0. The van der Waals surface area contributed by atoms with E-state index in [0.29, 0.717) is 0 Å². The van der Waals surface area contributed by atoms with E-state index in [2.05, 4.69) is 6.92 Å². The molecule has 0 aliphatic rings. The molecule has 1 nitrogen and oxygen atoms in total. The molecule has 0 aromatic heterocycles. The normalized spacial score (nSPS) is 6.00. The maximum Gasteiger partial charge on any atom is 0 e. The van der Waals surface area contributed by atoms with Gasteiger partial charge >= 0.3 is 0 Å². The van der Waals surface area contributed by atoms with Gasteiger partial charge < -0.3 is 24.9 Å². The minimum atomic E-state index is 0. The Morgan fingerprint density at radius 2 is 2.00 bits per heavy atom. The molecule has 1 N–H and O–H groups in total. The van der Waals surface area contributed by atoms with Gasteiger partial charge in [-0.3, -0.25) is 0 Å². The van der Waals surface area contributed by atoms with Crippen molar-refractivity contribution in [2.24, 2.45) is 0 Å². The smallest absolute Gasteiger partial charge is 0 e. The van der Waals surface area contributed by atoms with Gasteiger partial charge in [0, 0.05) is 32.7 Å². The predicted octanol–water partition coefficient (Wildman–Crippen LogP) is 0.405. The molecule has 0 aliphatic heterocycles. The standard InChI is InChI=1S/C4H8O.Rf.Y/c1-2-3-4-5;;/h3,5H,1-2,4H2;;/q-2;;. The quantitative estimate of drug-likeness (QED) is 0.633. The van der Waals surface area contributed by atoms with E-state index >= 15 is 0 Å². The van der Waals surface area contributed by atoms with Crippen molar-refractivity contribution in [2.45, 2.75) is 6.42 Å². The van der Waals surface area contributed by atoms with Crippen molar-refractivity contribution >= 4 is 0 Å². The number of hydrogen-bond acceptors (Lipinski definition) is 1. The van der Waals surface area contributed by atoms with Gasteiger partial charge in [0.25, 0.3) is 0 Å². The van der Waals surface area contributed by atoms with Crippen molar-refractivity contribution in [3.05, 3.63) is 13.3 Å². The molecule has 0 fully saturated rings. The summed E-state index contributed by atoms with van der Waals surface area (Å²) in [6.45, 7) is 3.62. The van der Waals surface area contributed by atoms with Gasteiger partial charge in [-0.25, -0.2) is 0 Å². The summed E-state index contributed by atoms with van der Waals surface area (Å²) >= 11 is 0. The van der Waals surface area contributed by atoms with Crippen LogP contribution in [0.25, 0.3) is 0 Å². The van der Waals surface area contributed by atoms with Crippen molar-refractivity contribution in [1.82, 2.24) is 0 Å². The molecule has 0 saturated heterocycles. The van der Waals surface area contributed by atoms with E-state index in [9.17, 15) is 0 Å². The first-order chi connectivity index (χ1) is 2.41. The summed E-state index contributed by atoms with van der Waals surface area (Å²) in [6.07, 6.45) is 2.41. The van der Waals surface area contributed by atoms with Crippen LogP contribution in [0.15, 0.2) is 0 Å². The molecule has 0 spiro atoms. The molecule has 37 valence electrons. The van der Waals surface area contributed by atoms with E-state index in [1.807, 2.05) is 0 Å². The van der Waals surface area contributed by atoms with E-state index in [-0.39, 0.29) is 39.3 Å². The first-order valence-corrected chi connectivity index (χ1v) is 1.63. The van der Waals surface area contributed by atoms with Crippen molar-refractivity contribution in [3.8, 4) is 0 Å². The zero-order valence-electron chi connectivity index (χ0n) is 4.43. The van der Waals surface area contributed by atoms with E-state index in [1.54, 1.807) is 6.42 Å². The number of hydrogen-bond donors (Lipinski definition) is 1. The molecule has 1 radical (unpaired) electrons. The number of rotatable bonds is 2. The zero-order valence-corrected chi connectivity index (χ0v) is 13.7. The third-order valence-corrected chi connectivity index (χ3v) is 0.333.